The van der Waals surface area contributed by atoms with Crippen molar-refractivity contribution in [3.63, 3.8) is 0 Å². The van der Waals surface area contributed by atoms with E-state index in [0.29, 0.717) is 0 Å². The molecule has 1 fully saturated rings. The molecule has 0 radical (unpaired) electrons. The van der Waals surface area contributed by atoms with Crippen LogP contribution in [0.2, 0.25) is 0 Å². The van der Waals surface area contributed by atoms with E-state index in [1.165, 1.54) is 58.2 Å². The van der Waals surface area contributed by atoms with Crippen LogP contribution in [0.4, 0.5) is 0 Å². The van der Waals surface area contributed by atoms with Crippen LogP contribution in [0.15, 0.2) is 0 Å². The van der Waals surface area contributed by atoms with Gasteiger partial charge in [-0.05, 0) is 59.4 Å². The standard InChI is InChI=1S/C14H31N3/c1-4-5-6-11-17(3)14(13-15)8-7-10-16(2)12-9-14/h4-13,15H2,1-3H3. The van der Waals surface area contributed by atoms with E-state index in [4.69, 9.17) is 5.73 Å². The molecule has 1 unspecified atom stereocenters. The van der Waals surface area contributed by atoms with Crippen molar-refractivity contribution in [3.05, 3.63) is 0 Å². The van der Waals surface area contributed by atoms with Crippen molar-refractivity contribution in [2.45, 2.75) is 51.0 Å². The van der Waals surface area contributed by atoms with E-state index in [0.717, 1.165) is 6.54 Å². The van der Waals surface area contributed by atoms with Crippen molar-refractivity contribution < 1.29 is 0 Å². The van der Waals surface area contributed by atoms with Crippen LogP contribution in [0.1, 0.15) is 45.4 Å². The molecular weight excluding hydrogens is 210 g/mol. The van der Waals surface area contributed by atoms with Crippen molar-refractivity contribution in [2.24, 2.45) is 5.73 Å². The zero-order chi connectivity index (χ0) is 12.7. The highest BCUT2D eigenvalue weighted by molar-refractivity contribution is 4.93. The number of hydrogen-bond donors (Lipinski definition) is 1. The van der Waals surface area contributed by atoms with Crippen molar-refractivity contribution in [1.29, 1.82) is 0 Å². The van der Waals surface area contributed by atoms with Gasteiger partial charge >= 0.3 is 0 Å². The Hall–Kier alpha value is -0.120. The molecule has 1 heterocycles. The SMILES string of the molecule is CCCCCN(C)C1(CN)CCCN(C)CC1. The molecule has 102 valence electrons. The van der Waals surface area contributed by atoms with E-state index < -0.39 is 0 Å². The first-order valence-corrected chi connectivity index (χ1v) is 7.24. The summed E-state index contributed by atoms with van der Waals surface area (Å²) in [6.07, 6.45) is 7.71. The Morgan fingerprint density at radius 2 is 2.00 bits per heavy atom. The summed E-state index contributed by atoms with van der Waals surface area (Å²) >= 11 is 0. The first-order valence-electron chi connectivity index (χ1n) is 7.24. The van der Waals surface area contributed by atoms with E-state index in [-0.39, 0.29) is 5.54 Å². The predicted molar refractivity (Wildman–Crippen MR) is 75.3 cm³/mol. The average Bonchev–Trinajstić information content (AvgIpc) is 2.52. The minimum absolute atomic E-state index is 0.262. The minimum Gasteiger partial charge on any atom is -0.329 e. The molecule has 2 N–H and O–H groups in total. The van der Waals surface area contributed by atoms with Crippen LogP contribution in [0.25, 0.3) is 0 Å². The fourth-order valence-electron chi connectivity index (χ4n) is 2.89. The van der Waals surface area contributed by atoms with Gasteiger partial charge in [-0.15, -0.1) is 0 Å². The Balaban J connectivity index is 2.53. The van der Waals surface area contributed by atoms with Gasteiger partial charge in [0, 0.05) is 12.1 Å². The molecule has 1 aliphatic heterocycles. The van der Waals surface area contributed by atoms with Gasteiger partial charge < -0.3 is 10.6 Å². The summed E-state index contributed by atoms with van der Waals surface area (Å²) < 4.78 is 0. The van der Waals surface area contributed by atoms with E-state index in [1.807, 2.05) is 0 Å². The van der Waals surface area contributed by atoms with Crippen molar-refractivity contribution in [2.75, 3.05) is 40.3 Å². The molecule has 3 nitrogen and oxygen atoms in total. The lowest BCUT2D eigenvalue weighted by Gasteiger charge is -2.41. The molecule has 3 heteroatoms. The molecule has 0 aliphatic carbocycles. The Labute approximate surface area is 107 Å². The Kier molecular flexibility index (Phi) is 6.45. The van der Waals surface area contributed by atoms with Crippen LogP contribution in [-0.2, 0) is 0 Å². The first kappa shape index (κ1) is 14.9. The fraction of sp³-hybridized carbons (Fsp3) is 1.00. The summed E-state index contributed by atoms with van der Waals surface area (Å²) in [5.41, 5.74) is 6.36. The molecule has 17 heavy (non-hydrogen) atoms. The Bertz CT molecular complexity index is 208. The zero-order valence-electron chi connectivity index (χ0n) is 12.0. The van der Waals surface area contributed by atoms with Gasteiger partial charge in [-0.25, -0.2) is 0 Å². The van der Waals surface area contributed by atoms with Gasteiger partial charge in [0.2, 0.25) is 0 Å². The molecule has 1 atom stereocenters. The third-order valence-corrected chi connectivity index (χ3v) is 4.43. The molecule has 1 saturated heterocycles. The second kappa shape index (κ2) is 7.34. The molecule has 0 saturated carbocycles. The lowest BCUT2D eigenvalue weighted by atomic mass is 9.88. The number of nitrogens with two attached hydrogens (primary N) is 1. The van der Waals surface area contributed by atoms with Gasteiger partial charge in [0.05, 0.1) is 0 Å². The van der Waals surface area contributed by atoms with Gasteiger partial charge in [0.15, 0.2) is 0 Å². The lowest BCUT2D eigenvalue weighted by Crippen LogP contribution is -2.52. The molecule has 0 aromatic carbocycles. The summed E-state index contributed by atoms with van der Waals surface area (Å²) in [4.78, 5) is 4.99. The highest BCUT2D eigenvalue weighted by atomic mass is 15.2. The summed E-state index contributed by atoms with van der Waals surface area (Å²) in [5, 5.41) is 0. The average molecular weight is 241 g/mol. The minimum atomic E-state index is 0.262. The van der Waals surface area contributed by atoms with Crippen LogP contribution < -0.4 is 5.73 Å². The number of likely N-dealkylation sites (N-methyl/N-ethyl adjacent to an activating group) is 1. The monoisotopic (exact) mass is 241 g/mol. The first-order chi connectivity index (χ1) is 8.14. The molecule has 1 rings (SSSR count). The largest absolute Gasteiger partial charge is 0.329 e. The summed E-state index contributed by atoms with van der Waals surface area (Å²) in [5.74, 6) is 0. The van der Waals surface area contributed by atoms with Crippen LogP contribution in [0, 0.1) is 0 Å². The molecule has 0 aromatic heterocycles. The van der Waals surface area contributed by atoms with Crippen LogP contribution in [0.5, 0.6) is 0 Å². The van der Waals surface area contributed by atoms with Crippen molar-refractivity contribution >= 4 is 0 Å². The summed E-state index contributed by atoms with van der Waals surface area (Å²) in [6.45, 7) is 6.69. The molecule has 0 spiro atoms. The number of nitrogens with zero attached hydrogens (tertiary/aromatic N) is 2. The van der Waals surface area contributed by atoms with Crippen molar-refractivity contribution in [3.8, 4) is 0 Å². The predicted octanol–water partition coefficient (Wildman–Crippen LogP) is 1.92. The van der Waals surface area contributed by atoms with Crippen LogP contribution >= 0.6 is 0 Å². The molecular formula is C14H31N3. The number of hydrogen-bond acceptors (Lipinski definition) is 3. The van der Waals surface area contributed by atoms with Gasteiger partial charge in [-0.1, -0.05) is 19.8 Å². The zero-order valence-corrected chi connectivity index (χ0v) is 12.0. The maximum Gasteiger partial charge on any atom is 0.0341 e. The maximum atomic E-state index is 6.10. The smallest absolute Gasteiger partial charge is 0.0341 e. The number of unbranched alkanes of at least 4 members (excludes halogenated alkanes) is 2. The van der Waals surface area contributed by atoms with Crippen molar-refractivity contribution in [1.82, 2.24) is 9.80 Å². The Morgan fingerprint density at radius 3 is 2.65 bits per heavy atom. The quantitative estimate of drug-likeness (QED) is 0.721. The second-order valence-corrected chi connectivity index (χ2v) is 5.71. The van der Waals surface area contributed by atoms with E-state index >= 15 is 0 Å². The van der Waals surface area contributed by atoms with Crippen LogP contribution in [0.3, 0.4) is 0 Å². The number of rotatable bonds is 6. The number of likely N-dealkylation sites (tertiary alicyclic amines) is 1. The maximum absolute atomic E-state index is 6.10. The molecule has 0 amide bonds. The Morgan fingerprint density at radius 1 is 1.24 bits per heavy atom. The second-order valence-electron chi connectivity index (χ2n) is 5.71. The van der Waals surface area contributed by atoms with E-state index in [9.17, 15) is 0 Å². The summed E-state index contributed by atoms with van der Waals surface area (Å²) in [7, 11) is 4.50. The summed E-state index contributed by atoms with van der Waals surface area (Å²) in [6, 6.07) is 0. The molecule has 0 bridgehead atoms. The third-order valence-electron chi connectivity index (χ3n) is 4.43. The highest BCUT2D eigenvalue weighted by Gasteiger charge is 2.34. The van der Waals surface area contributed by atoms with Crippen LogP contribution in [-0.4, -0.2) is 55.6 Å². The van der Waals surface area contributed by atoms with Gasteiger partial charge in [0.25, 0.3) is 0 Å². The lowest BCUT2D eigenvalue weighted by molar-refractivity contribution is 0.106. The normalized spacial score (nSPS) is 27.4. The third kappa shape index (κ3) is 4.23. The van der Waals surface area contributed by atoms with E-state index in [2.05, 4.69) is 30.8 Å². The van der Waals surface area contributed by atoms with Gasteiger partial charge in [-0.3, -0.25) is 4.90 Å². The highest BCUT2D eigenvalue weighted by Crippen LogP contribution is 2.27. The van der Waals surface area contributed by atoms with Gasteiger partial charge in [-0.2, -0.15) is 0 Å². The van der Waals surface area contributed by atoms with Gasteiger partial charge in [0.1, 0.15) is 0 Å². The topological polar surface area (TPSA) is 32.5 Å². The fourth-order valence-corrected chi connectivity index (χ4v) is 2.89. The molecule has 0 aromatic rings. The molecule has 1 aliphatic rings. The van der Waals surface area contributed by atoms with E-state index in [1.54, 1.807) is 0 Å².